The van der Waals surface area contributed by atoms with Crippen molar-refractivity contribution in [1.82, 2.24) is 14.5 Å². The third kappa shape index (κ3) is 4.49. The van der Waals surface area contributed by atoms with Crippen molar-refractivity contribution in [2.75, 3.05) is 32.7 Å². The van der Waals surface area contributed by atoms with Crippen molar-refractivity contribution >= 4 is 23.0 Å². The number of esters is 1. The Hall–Kier alpha value is -3.60. The number of carbonyl (C=O) groups excluding carboxylic acids is 2. The second kappa shape index (κ2) is 10.5. The Labute approximate surface area is 250 Å². The fourth-order valence-corrected chi connectivity index (χ4v) is 7.55. The fourth-order valence-electron chi connectivity index (χ4n) is 7.55. The Balaban J connectivity index is 1.14. The molecule has 226 valence electrons. The maximum atomic E-state index is 13.6. The van der Waals surface area contributed by atoms with Gasteiger partial charge in [-0.25, -0.2) is 14.3 Å². The normalized spacial score (nSPS) is 26.9. The van der Waals surface area contributed by atoms with E-state index in [0.29, 0.717) is 57.4 Å². The number of likely N-dealkylation sites (tertiary alicyclic amines) is 2. The monoisotopic (exact) mass is 587 g/mol. The lowest BCUT2D eigenvalue weighted by molar-refractivity contribution is -0.860. The lowest BCUT2D eigenvalue weighted by atomic mass is 9.86. The maximum absolute atomic E-state index is 13.6. The molecule has 4 aliphatic heterocycles. The van der Waals surface area contributed by atoms with Crippen LogP contribution in [0.15, 0.2) is 35.1 Å². The summed E-state index contributed by atoms with van der Waals surface area (Å²) in [4.78, 5) is 46.9. The lowest BCUT2D eigenvalue weighted by Gasteiger charge is -2.43. The number of amides is 1. The number of aliphatic hydroxyl groups is 1. The summed E-state index contributed by atoms with van der Waals surface area (Å²) in [6, 6.07) is 9.69. The molecule has 1 N–H and O–H groups in total. The second-order valence-corrected chi connectivity index (χ2v) is 12.6. The molecule has 1 atom stereocenters. The smallest absolute Gasteiger partial charge is 0.458 e. The van der Waals surface area contributed by atoms with Crippen molar-refractivity contribution in [3.8, 4) is 17.1 Å². The van der Waals surface area contributed by atoms with E-state index in [9.17, 15) is 19.5 Å². The number of ether oxygens (including phenoxy) is 2. The highest BCUT2D eigenvalue weighted by Gasteiger charge is 2.46. The molecule has 10 nitrogen and oxygen atoms in total. The topological polar surface area (TPSA) is 111 Å². The third-order valence-corrected chi connectivity index (χ3v) is 10.4. The van der Waals surface area contributed by atoms with Gasteiger partial charge in [-0.1, -0.05) is 13.3 Å². The molecule has 0 saturated carbocycles. The molecule has 7 rings (SSSR count). The van der Waals surface area contributed by atoms with E-state index < -0.39 is 11.6 Å². The van der Waals surface area contributed by atoms with Gasteiger partial charge in [0.05, 0.1) is 48.6 Å². The van der Waals surface area contributed by atoms with Gasteiger partial charge in [0.25, 0.3) is 5.56 Å². The zero-order valence-electron chi connectivity index (χ0n) is 24.9. The van der Waals surface area contributed by atoms with Crippen LogP contribution in [0.5, 0.6) is 5.75 Å². The van der Waals surface area contributed by atoms with Gasteiger partial charge in [0.2, 0.25) is 0 Å². The van der Waals surface area contributed by atoms with E-state index in [0.717, 1.165) is 36.9 Å². The van der Waals surface area contributed by atoms with Gasteiger partial charge in [-0.3, -0.25) is 9.69 Å². The molecular formula is C33H39N4O6+. The summed E-state index contributed by atoms with van der Waals surface area (Å²) in [5.41, 5.74) is 1.20. The molecule has 2 saturated heterocycles. The van der Waals surface area contributed by atoms with Crippen molar-refractivity contribution in [2.24, 2.45) is 0 Å². The SMILES string of the molecule is CC[C@@]1(O)C(=O)OCc2c1cc1n(c2=O)Cc2cc3cc(OC(=O)[N+]4(CC)CCC(N5CCCCC5)CC4)ccc3nc2-1. The first-order valence-corrected chi connectivity index (χ1v) is 15.7. The van der Waals surface area contributed by atoms with Crippen LogP contribution in [-0.4, -0.2) is 74.9 Å². The van der Waals surface area contributed by atoms with Gasteiger partial charge < -0.3 is 19.1 Å². The van der Waals surface area contributed by atoms with Crippen LogP contribution in [-0.2, 0) is 28.3 Å². The molecule has 0 spiro atoms. The number of aromatic nitrogens is 2. The molecule has 0 unspecified atom stereocenters. The Morgan fingerprint density at radius 1 is 1.12 bits per heavy atom. The molecule has 1 amide bonds. The molecule has 1 aromatic carbocycles. The van der Waals surface area contributed by atoms with Gasteiger partial charge in [-0.05, 0) is 69.6 Å². The molecule has 3 aromatic rings. The molecule has 2 fully saturated rings. The molecule has 0 bridgehead atoms. The van der Waals surface area contributed by atoms with Crippen molar-refractivity contribution in [1.29, 1.82) is 0 Å². The van der Waals surface area contributed by atoms with Gasteiger partial charge in [-0.15, -0.1) is 0 Å². The van der Waals surface area contributed by atoms with E-state index in [1.54, 1.807) is 23.6 Å². The van der Waals surface area contributed by atoms with E-state index in [1.165, 1.54) is 32.4 Å². The number of piperidine rings is 2. The van der Waals surface area contributed by atoms with Gasteiger partial charge in [-0.2, -0.15) is 4.79 Å². The molecule has 0 aliphatic carbocycles. The Bertz CT molecular complexity index is 1680. The summed E-state index contributed by atoms with van der Waals surface area (Å²) in [6.07, 6.45) is 5.77. The summed E-state index contributed by atoms with van der Waals surface area (Å²) in [6.45, 7) is 8.54. The minimum Gasteiger partial charge on any atom is -0.458 e. The molecule has 4 aliphatic rings. The zero-order chi connectivity index (χ0) is 29.9. The highest BCUT2D eigenvalue weighted by atomic mass is 16.6. The summed E-state index contributed by atoms with van der Waals surface area (Å²) in [5, 5.41) is 11.9. The maximum Gasteiger partial charge on any atom is 0.521 e. The number of pyridine rings is 2. The van der Waals surface area contributed by atoms with Crippen LogP contribution in [0.25, 0.3) is 22.3 Å². The number of nitrogens with zero attached hydrogens (tertiary/aromatic N) is 4. The number of rotatable bonds is 4. The largest absolute Gasteiger partial charge is 0.521 e. The first-order chi connectivity index (χ1) is 20.8. The van der Waals surface area contributed by atoms with Crippen LogP contribution in [0.2, 0.25) is 0 Å². The van der Waals surface area contributed by atoms with Crippen LogP contribution in [0.3, 0.4) is 0 Å². The standard InChI is InChI=1S/C33H39N4O6/c1-3-33(41)26-18-28-29-22(19-36(28)30(38)25(26)20-42-31(33)39)16-21-17-24(8-9-27(21)34-29)43-32(40)37(4-2)14-10-23(11-15-37)35-12-6-5-7-13-35/h8-9,16-18,23,41H,3-7,10-15,19-20H2,1-2H3/q+1/t23?,33-,37?/m0/s1. The average Bonchev–Trinajstić information content (AvgIpc) is 3.40. The predicted octanol–water partition coefficient (Wildman–Crippen LogP) is 4.06. The van der Waals surface area contributed by atoms with E-state index in [-0.39, 0.29) is 24.7 Å². The number of cyclic esters (lactones) is 1. The minimum absolute atomic E-state index is 0.0955. The average molecular weight is 588 g/mol. The van der Waals surface area contributed by atoms with Crippen molar-refractivity contribution in [3.63, 3.8) is 0 Å². The van der Waals surface area contributed by atoms with Crippen LogP contribution in [0.4, 0.5) is 4.79 Å². The Morgan fingerprint density at radius 2 is 1.88 bits per heavy atom. The van der Waals surface area contributed by atoms with Crippen molar-refractivity contribution in [2.45, 2.75) is 77.2 Å². The van der Waals surface area contributed by atoms with Crippen molar-refractivity contribution in [3.05, 3.63) is 57.4 Å². The Kier molecular flexibility index (Phi) is 6.91. The first-order valence-electron chi connectivity index (χ1n) is 15.7. The van der Waals surface area contributed by atoms with Gasteiger partial charge in [0.15, 0.2) is 5.60 Å². The van der Waals surface area contributed by atoms with Gasteiger partial charge in [0.1, 0.15) is 12.4 Å². The van der Waals surface area contributed by atoms with Gasteiger partial charge >= 0.3 is 12.1 Å². The predicted molar refractivity (Wildman–Crippen MR) is 160 cm³/mol. The number of fused-ring (bicyclic) bond motifs is 5. The van der Waals surface area contributed by atoms with E-state index in [1.807, 2.05) is 18.2 Å². The van der Waals surface area contributed by atoms with Crippen LogP contribution in [0.1, 0.15) is 69.1 Å². The highest BCUT2D eigenvalue weighted by Crippen LogP contribution is 2.39. The number of hydrogen-bond donors (Lipinski definition) is 1. The first kappa shape index (κ1) is 28.2. The van der Waals surface area contributed by atoms with Crippen molar-refractivity contribution < 1.29 is 28.7 Å². The lowest BCUT2D eigenvalue weighted by Crippen LogP contribution is -2.60. The summed E-state index contributed by atoms with van der Waals surface area (Å²) >= 11 is 0. The molecule has 0 radical (unpaired) electrons. The summed E-state index contributed by atoms with van der Waals surface area (Å²) in [7, 11) is 0. The molecule has 2 aromatic heterocycles. The van der Waals surface area contributed by atoms with E-state index >= 15 is 0 Å². The zero-order valence-corrected chi connectivity index (χ0v) is 24.9. The van der Waals surface area contributed by atoms with E-state index in [2.05, 4.69) is 11.8 Å². The number of hydrogen-bond acceptors (Lipinski definition) is 8. The van der Waals surface area contributed by atoms with Gasteiger partial charge in [0, 0.05) is 35.4 Å². The molecule has 6 heterocycles. The summed E-state index contributed by atoms with van der Waals surface area (Å²) < 4.78 is 13.1. The van der Waals surface area contributed by atoms with Crippen LogP contribution in [0, 0.1) is 0 Å². The minimum atomic E-state index is -1.86. The fraction of sp³-hybridized carbons (Fsp3) is 0.515. The van der Waals surface area contributed by atoms with Crippen LogP contribution < -0.4 is 10.3 Å². The van der Waals surface area contributed by atoms with E-state index in [4.69, 9.17) is 14.5 Å². The molecule has 10 heteroatoms. The molecular weight excluding hydrogens is 548 g/mol. The quantitative estimate of drug-likeness (QED) is 0.281. The number of quaternary nitrogens is 1. The molecule has 43 heavy (non-hydrogen) atoms. The van der Waals surface area contributed by atoms with Crippen LogP contribution >= 0.6 is 0 Å². The summed E-state index contributed by atoms with van der Waals surface area (Å²) in [5.74, 6) is -0.257. The second-order valence-electron chi connectivity index (χ2n) is 12.6. The Morgan fingerprint density at radius 3 is 2.60 bits per heavy atom. The number of benzene rings is 1. The highest BCUT2D eigenvalue weighted by molar-refractivity contribution is 5.87. The number of carbonyl (C=O) groups is 2. The third-order valence-electron chi connectivity index (χ3n) is 10.4.